The molecule has 0 atom stereocenters. The van der Waals surface area contributed by atoms with Gasteiger partial charge in [-0.1, -0.05) is 12.1 Å². The van der Waals surface area contributed by atoms with Gasteiger partial charge in [0.15, 0.2) is 5.78 Å². The fourth-order valence-electron chi connectivity index (χ4n) is 1.76. The van der Waals surface area contributed by atoms with Gasteiger partial charge in [0.1, 0.15) is 18.1 Å². The van der Waals surface area contributed by atoms with E-state index in [1.54, 1.807) is 36.4 Å². The minimum absolute atomic E-state index is 0.0722. The molecule has 0 aliphatic rings. The van der Waals surface area contributed by atoms with E-state index in [1.165, 1.54) is 6.92 Å². The molecular formula is C15H15NO3. The number of nitrogen functional groups attached to an aromatic ring is 1. The minimum atomic E-state index is -0.0722. The largest absolute Gasteiger partial charge is 0.508 e. The smallest absolute Gasteiger partial charge is 0.161 e. The first-order valence-corrected chi connectivity index (χ1v) is 5.87. The second-order valence-corrected chi connectivity index (χ2v) is 4.26. The molecule has 2 rings (SSSR count). The molecule has 0 bridgehead atoms. The number of rotatable bonds is 4. The van der Waals surface area contributed by atoms with E-state index in [0.29, 0.717) is 23.6 Å². The highest BCUT2D eigenvalue weighted by atomic mass is 16.5. The quantitative estimate of drug-likeness (QED) is 0.652. The Labute approximate surface area is 111 Å². The third-order valence-electron chi connectivity index (χ3n) is 2.72. The van der Waals surface area contributed by atoms with Gasteiger partial charge in [-0.3, -0.25) is 4.79 Å². The summed E-state index contributed by atoms with van der Waals surface area (Å²) in [5.74, 6) is 0.718. The summed E-state index contributed by atoms with van der Waals surface area (Å²) in [6.45, 7) is 1.80. The second kappa shape index (κ2) is 5.44. The van der Waals surface area contributed by atoms with Crippen LogP contribution >= 0.6 is 0 Å². The van der Waals surface area contributed by atoms with Crippen molar-refractivity contribution >= 4 is 11.5 Å². The van der Waals surface area contributed by atoms with Crippen molar-refractivity contribution in [3.05, 3.63) is 53.6 Å². The van der Waals surface area contributed by atoms with Crippen LogP contribution in [0.25, 0.3) is 0 Å². The van der Waals surface area contributed by atoms with E-state index in [2.05, 4.69) is 0 Å². The van der Waals surface area contributed by atoms with Gasteiger partial charge in [0.2, 0.25) is 0 Å². The third-order valence-corrected chi connectivity index (χ3v) is 2.72. The molecule has 0 radical (unpaired) electrons. The lowest BCUT2D eigenvalue weighted by molar-refractivity contribution is 0.101. The SMILES string of the molecule is CC(=O)c1ccc(OCc2cccc(O)c2)cc1N. The number of phenols is 1. The molecule has 0 saturated carbocycles. The lowest BCUT2D eigenvalue weighted by atomic mass is 10.1. The van der Waals surface area contributed by atoms with Crippen molar-refractivity contribution in [2.45, 2.75) is 13.5 Å². The van der Waals surface area contributed by atoms with E-state index in [9.17, 15) is 9.90 Å². The second-order valence-electron chi connectivity index (χ2n) is 4.26. The lowest BCUT2D eigenvalue weighted by Crippen LogP contribution is -2.01. The summed E-state index contributed by atoms with van der Waals surface area (Å²) >= 11 is 0. The highest BCUT2D eigenvalue weighted by Crippen LogP contribution is 2.21. The molecule has 2 aromatic rings. The number of Topliss-reactive ketones (excluding diaryl/α,β-unsaturated/α-hetero) is 1. The molecule has 19 heavy (non-hydrogen) atoms. The maximum absolute atomic E-state index is 11.2. The summed E-state index contributed by atoms with van der Waals surface area (Å²) in [5.41, 5.74) is 7.52. The Kier molecular flexibility index (Phi) is 3.71. The Morgan fingerprint density at radius 1 is 1.26 bits per heavy atom. The van der Waals surface area contributed by atoms with Crippen molar-refractivity contribution in [3.8, 4) is 11.5 Å². The standard InChI is InChI=1S/C15H15NO3/c1-10(17)14-6-5-13(8-15(14)16)19-9-11-3-2-4-12(18)7-11/h2-8,18H,9,16H2,1H3. The first-order chi connectivity index (χ1) is 9.06. The molecule has 0 amide bonds. The third kappa shape index (κ3) is 3.25. The van der Waals surface area contributed by atoms with Crippen molar-refractivity contribution in [3.63, 3.8) is 0 Å². The number of carbonyl (C=O) groups excluding carboxylic acids is 1. The molecule has 0 fully saturated rings. The number of aromatic hydroxyl groups is 1. The minimum Gasteiger partial charge on any atom is -0.508 e. The van der Waals surface area contributed by atoms with Crippen molar-refractivity contribution in [2.75, 3.05) is 5.73 Å². The number of ketones is 1. The zero-order valence-corrected chi connectivity index (χ0v) is 10.6. The highest BCUT2D eigenvalue weighted by molar-refractivity contribution is 5.99. The number of benzene rings is 2. The van der Waals surface area contributed by atoms with Gasteiger partial charge in [-0.05, 0) is 36.8 Å². The molecule has 0 aliphatic carbocycles. The van der Waals surface area contributed by atoms with E-state index in [1.807, 2.05) is 6.07 Å². The summed E-state index contributed by atoms with van der Waals surface area (Å²) in [4.78, 5) is 11.2. The average molecular weight is 257 g/mol. The van der Waals surface area contributed by atoms with Crippen LogP contribution in [0, 0.1) is 0 Å². The Morgan fingerprint density at radius 2 is 2.05 bits per heavy atom. The maximum Gasteiger partial charge on any atom is 0.161 e. The van der Waals surface area contributed by atoms with E-state index >= 15 is 0 Å². The summed E-state index contributed by atoms with van der Waals surface area (Å²) in [7, 11) is 0. The molecular weight excluding hydrogens is 242 g/mol. The van der Waals surface area contributed by atoms with Crippen LogP contribution in [-0.4, -0.2) is 10.9 Å². The number of phenolic OH excluding ortho intramolecular Hbond substituents is 1. The summed E-state index contributed by atoms with van der Waals surface area (Å²) in [5, 5.41) is 9.34. The fourth-order valence-corrected chi connectivity index (χ4v) is 1.76. The highest BCUT2D eigenvalue weighted by Gasteiger charge is 2.06. The van der Waals surface area contributed by atoms with Gasteiger partial charge in [0, 0.05) is 17.3 Å². The van der Waals surface area contributed by atoms with Crippen LogP contribution in [0.2, 0.25) is 0 Å². The number of hydrogen-bond acceptors (Lipinski definition) is 4. The Balaban J connectivity index is 2.08. The van der Waals surface area contributed by atoms with Crippen molar-refractivity contribution in [1.82, 2.24) is 0 Å². The van der Waals surface area contributed by atoms with Crippen LogP contribution in [-0.2, 0) is 6.61 Å². The van der Waals surface area contributed by atoms with E-state index in [4.69, 9.17) is 10.5 Å². The lowest BCUT2D eigenvalue weighted by Gasteiger charge is -2.09. The van der Waals surface area contributed by atoms with E-state index in [0.717, 1.165) is 5.56 Å². The van der Waals surface area contributed by atoms with Crippen LogP contribution in [0.4, 0.5) is 5.69 Å². The number of anilines is 1. The molecule has 3 N–H and O–H groups in total. The Hall–Kier alpha value is -2.49. The zero-order chi connectivity index (χ0) is 13.8. The van der Waals surface area contributed by atoms with Gasteiger partial charge in [0.05, 0.1) is 0 Å². The summed E-state index contributed by atoms with van der Waals surface area (Å²) in [6.07, 6.45) is 0. The van der Waals surface area contributed by atoms with Crippen LogP contribution in [0.3, 0.4) is 0 Å². The molecule has 2 aromatic carbocycles. The molecule has 4 nitrogen and oxygen atoms in total. The first kappa shape index (κ1) is 13.0. The van der Waals surface area contributed by atoms with Gasteiger partial charge in [-0.15, -0.1) is 0 Å². The number of ether oxygens (including phenoxy) is 1. The molecule has 0 aliphatic heterocycles. The molecule has 0 heterocycles. The monoisotopic (exact) mass is 257 g/mol. The van der Waals surface area contributed by atoms with Crippen molar-refractivity contribution in [1.29, 1.82) is 0 Å². The first-order valence-electron chi connectivity index (χ1n) is 5.87. The van der Waals surface area contributed by atoms with Crippen molar-refractivity contribution < 1.29 is 14.6 Å². The van der Waals surface area contributed by atoms with Gasteiger partial charge < -0.3 is 15.6 Å². The average Bonchev–Trinajstić information content (AvgIpc) is 2.36. The number of nitrogens with two attached hydrogens (primary N) is 1. The summed E-state index contributed by atoms with van der Waals surface area (Å²) in [6, 6.07) is 11.8. The molecule has 0 spiro atoms. The molecule has 0 saturated heterocycles. The van der Waals surface area contributed by atoms with Gasteiger partial charge in [-0.2, -0.15) is 0 Å². The van der Waals surface area contributed by atoms with Crippen LogP contribution in [0.5, 0.6) is 11.5 Å². The van der Waals surface area contributed by atoms with E-state index < -0.39 is 0 Å². The molecule has 4 heteroatoms. The normalized spacial score (nSPS) is 10.2. The Morgan fingerprint density at radius 3 is 2.68 bits per heavy atom. The topological polar surface area (TPSA) is 72.5 Å². The Bertz CT molecular complexity index is 608. The van der Waals surface area contributed by atoms with E-state index in [-0.39, 0.29) is 11.5 Å². The van der Waals surface area contributed by atoms with Crippen LogP contribution in [0.15, 0.2) is 42.5 Å². The summed E-state index contributed by atoms with van der Waals surface area (Å²) < 4.78 is 5.56. The maximum atomic E-state index is 11.2. The predicted octanol–water partition coefficient (Wildman–Crippen LogP) is 2.76. The van der Waals surface area contributed by atoms with Gasteiger partial charge in [-0.25, -0.2) is 0 Å². The van der Waals surface area contributed by atoms with Gasteiger partial charge >= 0.3 is 0 Å². The predicted molar refractivity (Wildman–Crippen MR) is 73.3 cm³/mol. The molecule has 98 valence electrons. The fraction of sp³-hybridized carbons (Fsp3) is 0.133. The number of carbonyl (C=O) groups is 1. The number of hydrogen-bond donors (Lipinski definition) is 2. The van der Waals surface area contributed by atoms with Crippen molar-refractivity contribution in [2.24, 2.45) is 0 Å². The molecule has 0 aromatic heterocycles. The van der Waals surface area contributed by atoms with Crippen LogP contribution < -0.4 is 10.5 Å². The van der Waals surface area contributed by atoms with Crippen LogP contribution in [0.1, 0.15) is 22.8 Å². The van der Waals surface area contributed by atoms with Gasteiger partial charge in [0.25, 0.3) is 0 Å². The zero-order valence-electron chi connectivity index (χ0n) is 10.6. The molecule has 0 unspecified atom stereocenters.